The monoisotopic (exact) mass is 331 g/mol. The Hall–Kier alpha value is -2.58. The molecule has 0 heterocycles. The van der Waals surface area contributed by atoms with Crippen molar-refractivity contribution in [2.45, 2.75) is 26.5 Å². The molecule has 1 N–H and O–H groups in total. The first-order chi connectivity index (χ1) is 12.2. The van der Waals surface area contributed by atoms with Crippen molar-refractivity contribution in [1.29, 1.82) is 0 Å². The summed E-state index contributed by atoms with van der Waals surface area (Å²) < 4.78 is 5.98. The van der Waals surface area contributed by atoms with E-state index >= 15 is 0 Å². The summed E-state index contributed by atoms with van der Waals surface area (Å²) in [7, 11) is 2.00. The van der Waals surface area contributed by atoms with E-state index in [2.05, 4.69) is 67.7 Å². The summed E-state index contributed by atoms with van der Waals surface area (Å²) in [6.07, 6.45) is 0. The zero-order valence-electron chi connectivity index (χ0n) is 15.1. The first-order valence-corrected chi connectivity index (χ1v) is 8.68. The fraction of sp³-hybridized carbons (Fsp3) is 0.217. The Morgan fingerprint density at radius 1 is 0.800 bits per heavy atom. The highest BCUT2D eigenvalue weighted by Crippen LogP contribution is 2.27. The predicted molar refractivity (Wildman–Crippen MR) is 104 cm³/mol. The van der Waals surface area contributed by atoms with Crippen LogP contribution < -0.4 is 10.1 Å². The first-order valence-electron chi connectivity index (χ1n) is 8.68. The molecule has 0 fully saturated rings. The van der Waals surface area contributed by atoms with E-state index in [1.54, 1.807) is 0 Å². The molecule has 0 radical (unpaired) electrons. The van der Waals surface area contributed by atoms with Crippen LogP contribution in [0.1, 0.15) is 33.9 Å². The summed E-state index contributed by atoms with van der Waals surface area (Å²) in [5.74, 6) is 0.894. The highest BCUT2D eigenvalue weighted by molar-refractivity contribution is 5.39. The minimum atomic E-state index is 0.152. The minimum Gasteiger partial charge on any atom is -0.489 e. The van der Waals surface area contributed by atoms with Gasteiger partial charge in [0.15, 0.2) is 0 Å². The molecule has 0 bridgehead atoms. The average molecular weight is 331 g/mol. The molecule has 2 nitrogen and oxygen atoms in total. The fourth-order valence-corrected chi connectivity index (χ4v) is 3.23. The van der Waals surface area contributed by atoms with Crippen LogP contribution in [0.15, 0.2) is 72.8 Å². The second-order valence-corrected chi connectivity index (χ2v) is 6.49. The van der Waals surface area contributed by atoms with Gasteiger partial charge in [0, 0.05) is 0 Å². The first kappa shape index (κ1) is 17.2. The van der Waals surface area contributed by atoms with Gasteiger partial charge in [-0.15, -0.1) is 0 Å². The number of hydrogen-bond donors (Lipinski definition) is 1. The van der Waals surface area contributed by atoms with Crippen LogP contribution in [0.2, 0.25) is 0 Å². The van der Waals surface area contributed by atoms with E-state index in [9.17, 15) is 0 Å². The van der Waals surface area contributed by atoms with Gasteiger partial charge in [0.05, 0.1) is 6.04 Å². The van der Waals surface area contributed by atoms with E-state index in [4.69, 9.17) is 4.74 Å². The van der Waals surface area contributed by atoms with Crippen LogP contribution in [0, 0.1) is 13.8 Å². The molecule has 0 saturated carbocycles. The number of ether oxygens (including phenoxy) is 1. The molecule has 0 saturated heterocycles. The van der Waals surface area contributed by atoms with Gasteiger partial charge in [-0.1, -0.05) is 71.8 Å². The van der Waals surface area contributed by atoms with Gasteiger partial charge in [-0.3, -0.25) is 0 Å². The van der Waals surface area contributed by atoms with E-state index < -0.39 is 0 Å². The van der Waals surface area contributed by atoms with Crippen LogP contribution in [0.4, 0.5) is 0 Å². The number of nitrogens with one attached hydrogen (secondary N) is 1. The summed E-state index contributed by atoms with van der Waals surface area (Å²) in [5, 5.41) is 3.43. The largest absolute Gasteiger partial charge is 0.489 e. The molecule has 25 heavy (non-hydrogen) atoms. The Labute approximate surface area is 150 Å². The Bertz CT molecular complexity index is 806. The van der Waals surface area contributed by atoms with Crippen LogP contribution in [0.5, 0.6) is 5.75 Å². The molecule has 0 aromatic heterocycles. The van der Waals surface area contributed by atoms with Crippen LogP contribution in [-0.2, 0) is 6.61 Å². The van der Waals surface area contributed by atoms with Crippen molar-refractivity contribution in [3.05, 3.63) is 101 Å². The van der Waals surface area contributed by atoms with Crippen molar-refractivity contribution in [2.24, 2.45) is 0 Å². The van der Waals surface area contributed by atoms with Gasteiger partial charge in [0.25, 0.3) is 0 Å². The van der Waals surface area contributed by atoms with Gasteiger partial charge >= 0.3 is 0 Å². The third kappa shape index (κ3) is 4.49. The van der Waals surface area contributed by atoms with Crippen molar-refractivity contribution >= 4 is 0 Å². The lowest BCUT2D eigenvalue weighted by molar-refractivity contribution is 0.305. The van der Waals surface area contributed by atoms with Crippen LogP contribution >= 0.6 is 0 Å². The Morgan fingerprint density at radius 2 is 1.52 bits per heavy atom. The van der Waals surface area contributed by atoms with Crippen LogP contribution in [-0.4, -0.2) is 7.05 Å². The van der Waals surface area contributed by atoms with Crippen molar-refractivity contribution in [3.8, 4) is 5.75 Å². The molecule has 128 valence electrons. The summed E-state index contributed by atoms with van der Waals surface area (Å²) in [4.78, 5) is 0. The van der Waals surface area contributed by atoms with Crippen molar-refractivity contribution < 1.29 is 4.74 Å². The minimum absolute atomic E-state index is 0.152. The third-order valence-corrected chi connectivity index (χ3v) is 4.31. The highest BCUT2D eigenvalue weighted by Gasteiger charge is 2.13. The fourth-order valence-electron chi connectivity index (χ4n) is 3.23. The zero-order chi connectivity index (χ0) is 17.6. The van der Waals surface area contributed by atoms with Gasteiger partial charge < -0.3 is 10.1 Å². The molecular formula is C23H25NO. The van der Waals surface area contributed by atoms with Crippen LogP contribution in [0.3, 0.4) is 0 Å². The van der Waals surface area contributed by atoms with Crippen LogP contribution in [0.25, 0.3) is 0 Å². The number of benzene rings is 3. The summed E-state index contributed by atoms with van der Waals surface area (Å²) in [6, 6.07) is 25.4. The molecule has 0 aliphatic carbocycles. The molecule has 0 spiro atoms. The molecule has 0 aliphatic heterocycles. The molecule has 3 rings (SSSR count). The summed E-state index contributed by atoms with van der Waals surface area (Å²) >= 11 is 0. The quantitative estimate of drug-likeness (QED) is 0.671. The smallest absolute Gasteiger partial charge is 0.120 e. The molecule has 0 amide bonds. The van der Waals surface area contributed by atoms with E-state index in [0.717, 1.165) is 5.75 Å². The molecule has 1 atom stereocenters. The maximum Gasteiger partial charge on any atom is 0.120 e. The highest BCUT2D eigenvalue weighted by atomic mass is 16.5. The molecule has 3 aromatic carbocycles. The molecular weight excluding hydrogens is 306 g/mol. The Balaban J connectivity index is 1.81. The molecule has 0 aliphatic rings. The Morgan fingerprint density at radius 3 is 2.20 bits per heavy atom. The van der Waals surface area contributed by atoms with E-state index in [0.29, 0.717) is 6.61 Å². The third-order valence-electron chi connectivity index (χ3n) is 4.31. The lowest BCUT2D eigenvalue weighted by Gasteiger charge is -2.19. The predicted octanol–water partition coefficient (Wildman–Crippen LogP) is 5.19. The maximum absolute atomic E-state index is 5.98. The second-order valence-electron chi connectivity index (χ2n) is 6.49. The van der Waals surface area contributed by atoms with E-state index in [1.165, 1.54) is 27.8 Å². The number of aryl methyl sites for hydroxylation is 2. The topological polar surface area (TPSA) is 21.3 Å². The summed E-state index contributed by atoms with van der Waals surface area (Å²) in [6.45, 7) is 4.86. The molecule has 2 heteroatoms. The normalized spacial score (nSPS) is 12.0. The van der Waals surface area contributed by atoms with Gasteiger partial charge in [-0.2, -0.15) is 0 Å². The van der Waals surface area contributed by atoms with Gasteiger partial charge in [0.1, 0.15) is 12.4 Å². The molecule has 1 unspecified atom stereocenters. The Kier molecular flexibility index (Phi) is 5.52. The van der Waals surface area contributed by atoms with Crippen molar-refractivity contribution in [3.63, 3.8) is 0 Å². The maximum atomic E-state index is 5.98. The average Bonchev–Trinajstić information content (AvgIpc) is 2.61. The second kappa shape index (κ2) is 8.00. The SMILES string of the molecule is CNC(c1cc(C)cc(C)c1)c1cccc(OCc2ccccc2)c1. The summed E-state index contributed by atoms with van der Waals surface area (Å²) in [5.41, 5.74) is 6.23. The lowest BCUT2D eigenvalue weighted by Crippen LogP contribution is -2.18. The van der Waals surface area contributed by atoms with Crippen molar-refractivity contribution in [2.75, 3.05) is 7.05 Å². The van der Waals surface area contributed by atoms with Gasteiger partial charge in [0.2, 0.25) is 0 Å². The molecule has 3 aromatic rings. The number of rotatable bonds is 6. The van der Waals surface area contributed by atoms with Gasteiger partial charge in [-0.05, 0) is 49.7 Å². The standard InChI is InChI=1S/C23H25NO/c1-17-12-18(2)14-21(13-17)23(24-3)20-10-7-11-22(15-20)25-16-19-8-5-4-6-9-19/h4-15,23-24H,16H2,1-3H3. The van der Waals surface area contributed by atoms with Crippen molar-refractivity contribution in [1.82, 2.24) is 5.32 Å². The zero-order valence-corrected chi connectivity index (χ0v) is 15.1. The number of hydrogen-bond acceptors (Lipinski definition) is 2. The lowest BCUT2D eigenvalue weighted by atomic mass is 9.95. The van der Waals surface area contributed by atoms with E-state index in [-0.39, 0.29) is 6.04 Å². The van der Waals surface area contributed by atoms with Gasteiger partial charge in [-0.25, -0.2) is 0 Å². The van der Waals surface area contributed by atoms with E-state index in [1.807, 2.05) is 31.3 Å².